The number of hydrogen-bond acceptors (Lipinski definition) is 11. The molecule has 0 saturated heterocycles. The minimum Gasteiger partial charge on any atom is -0.495 e. The smallest absolute Gasteiger partial charge is 0.421 e. The number of hydrogen-bond donors (Lipinski definition) is 2. The summed E-state index contributed by atoms with van der Waals surface area (Å²) in [7, 11) is 1.61. The number of anilines is 2. The molecule has 334 valence electrons. The first-order valence-corrected chi connectivity index (χ1v) is 20.9. The molecule has 5 rings (SSSR count). The van der Waals surface area contributed by atoms with Gasteiger partial charge in [0.05, 0.1) is 36.5 Å². The summed E-state index contributed by atoms with van der Waals surface area (Å²) in [5.74, 6) is 6.96. The Bertz CT molecular complexity index is 2470. The maximum absolute atomic E-state index is 13.1. The molecule has 3 aromatic carbocycles. The van der Waals surface area contributed by atoms with E-state index in [1.807, 2.05) is 72.8 Å². The molecule has 16 heteroatoms. The number of carbonyl (C=O) groups excluding carboxylic acids is 4. The van der Waals surface area contributed by atoms with E-state index in [2.05, 4.69) is 55.0 Å². The number of imidazole rings is 2. The number of nitrogens with one attached hydrogen (secondary N) is 2. The highest BCUT2D eigenvalue weighted by Crippen LogP contribution is 2.28. The molecule has 0 bridgehead atoms. The van der Waals surface area contributed by atoms with Crippen LogP contribution in [0.1, 0.15) is 94.2 Å². The molecule has 0 aliphatic rings. The summed E-state index contributed by atoms with van der Waals surface area (Å²) < 4.78 is 30.5. The van der Waals surface area contributed by atoms with Gasteiger partial charge in [-0.25, -0.2) is 38.3 Å². The van der Waals surface area contributed by atoms with Crippen molar-refractivity contribution in [3.05, 3.63) is 99.9 Å². The van der Waals surface area contributed by atoms with Crippen molar-refractivity contribution in [3.63, 3.8) is 0 Å². The lowest BCUT2D eigenvalue weighted by molar-refractivity contribution is 0.0526. The van der Waals surface area contributed by atoms with Crippen molar-refractivity contribution in [1.82, 2.24) is 19.1 Å². The zero-order valence-corrected chi connectivity index (χ0v) is 40.1. The lowest BCUT2D eigenvalue weighted by atomic mass is 10.1. The number of para-hydroxylation sites is 1. The van der Waals surface area contributed by atoms with E-state index in [0.29, 0.717) is 22.7 Å². The number of aromatic nitrogens is 4. The zero-order valence-electron chi connectivity index (χ0n) is 37.9. The molecular weight excluding hydrogens is 919 g/mol. The van der Waals surface area contributed by atoms with E-state index in [1.165, 1.54) is 21.5 Å². The summed E-state index contributed by atoms with van der Waals surface area (Å²) in [4.78, 5) is 58.8. The minimum absolute atomic E-state index is 0.00598. The fraction of sp³-hybridized carbons (Fsp3) is 0.362. The highest BCUT2D eigenvalue weighted by molar-refractivity contribution is 14.1. The monoisotopic (exact) mass is 974 g/mol. The fourth-order valence-corrected chi connectivity index (χ4v) is 5.65. The van der Waals surface area contributed by atoms with Crippen LogP contribution < -0.4 is 15.4 Å². The van der Waals surface area contributed by atoms with E-state index < -0.39 is 46.8 Å². The first kappa shape index (κ1) is 49.3. The van der Waals surface area contributed by atoms with Crippen LogP contribution in [0, 0.1) is 15.4 Å². The van der Waals surface area contributed by atoms with Crippen LogP contribution in [-0.2, 0) is 18.9 Å². The van der Waals surface area contributed by atoms with Crippen LogP contribution in [0.15, 0.2) is 85.2 Å². The van der Waals surface area contributed by atoms with E-state index >= 15 is 0 Å². The Morgan fingerprint density at radius 2 is 0.952 bits per heavy atom. The molecule has 0 aliphatic carbocycles. The summed E-state index contributed by atoms with van der Waals surface area (Å²) in [5, 5.41) is 5.06. The molecule has 15 nitrogen and oxygen atoms in total. The van der Waals surface area contributed by atoms with E-state index in [-0.39, 0.29) is 11.9 Å². The quantitative estimate of drug-likeness (QED) is 0.0974. The second-order valence-corrected chi connectivity index (χ2v) is 19.1. The highest BCUT2D eigenvalue weighted by Gasteiger charge is 2.28. The molecule has 0 fully saturated rings. The van der Waals surface area contributed by atoms with Gasteiger partial charge in [0.1, 0.15) is 28.2 Å². The maximum Gasteiger partial charge on any atom is 0.421 e. The summed E-state index contributed by atoms with van der Waals surface area (Å²) in [6.45, 7) is 21.1. The van der Waals surface area contributed by atoms with E-state index in [1.54, 1.807) is 90.2 Å². The number of halogens is 1. The molecule has 0 atom stereocenters. The number of ether oxygens (including phenoxy) is 5. The van der Waals surface area contributed by atoms with Crippen LogP contribution in [0.4, 0.5) is 31.1 Å². The van der Waals surface area contributed by atoms with Crippen molar-refractivity contribution >= 4 is 58.9 Å². The number of rotatable bonds is 5. The van der Waals surface area contributed by atoms with Crippen LogP contribution >= 0.6 is 22.6 Å². The van der Waals surface area contributed by atoms with Crippen molar-refractivity contribution in [2.45, 2.75) is 105 Å². The lowest BCUT2D eigenvalue weighted by Crippen LogP contribution is -2.31. The van der Waals surface area contributed by atoms with Gasteiger partial charge in [0.15, 0.2) is 0 Å². The van der Waals surface area contributed by atoms with Gasteiger partial charge in [-0.05, 0) is 142 Å². The summed E-state index contributed by atoms with van der Waals surface area (Å²) >= 11 is 2.20. The van der Waals surface area contributed by atoms with Crippen LogP contribution in [0.3, 0.4) is 0 Å². The molecule has 63 heavy (non-hydrogen) atoms. The standard InChI is InChI=1S/C28H31N3O5.C19H24IN3O4/c1-27(2,3)35-25(32)30-24-29-18-22(31(24)26(33)36-28(4,5)6)20-15-12-19(13-16-20)14-17-21-10-8-9-11-23(21)34-7;1-18(2,3)26-16(24)22-15-21-11-14(12-7-9-13(20)10-8-12)23(15)17(25)27-19(4,5)6/h8-13,15-16,18H,1-7H3,(H,29,30,32);7-11H,1-6H3,(H,21,22,24). The molecule has 2 aromatic heterocycles. The van der Waals surface area contributed by atoms with Crippen molar-refractivity contribution in [3.8, 4) is 40.1 Å². The van der Waals surface area contributed by atoms with Gasteiger partial charge in [-0.15, -0.1) is 0 Å². The van der Waals surface area contributed by atoms with Gasteiger partial charge in [-0.2, -0.15) is 0 Å². The third kappa shape index (κ3) is 15.5. The van der Waals surface area contributed by atoms with Gasteiger partial charge in [-0.1, -0.05) is 48.2 Å². The predicted octanol–water partition coefficient (Wildman–Crippen LogP) is 11.4. The topological polar surface area (TPSA) is 174 Å². The number of benzene rings is 3. The third-order valence-corrected chi connectivity index (χ3v) is 8.39. The Hall–Kier alpha value is -6.35. The fourth-order valence-electron chi connectivity index (χ4n) is 5.29. The van der Waals surface area contributed by atoms with Gasteiger partial charge in [0.2, 0.25) is 11.9 Å². The largest absolute Gasteiger partial charge is 0.495 e. The van der Waals surface area contributed by atoms with Crippen LogP contribution in [0.25, 0.3) is 22.5 Å². The Labute approximate surface area is 382 Å². The predicted molar refractivity (Wildman–Crippen MR) is 250 cm³/mol. The van der Waals surface area contributed by atoms with Gasteiger partial charge >= 0.3 is 24.4 Å². The summed E-state index contributed by atoms with van der Waals surface area (Å²) in [6.07, 6.45) is 0.254. The number of nitrogens with zero attached hydrogens (tertiary/aromatic N) is 4. The highest BCUT2D eigenvalue weighted by atomic mass is 127. The average molecular weight is 975 g/mol. The van der Waals surface area contributed by atoms with Crippen molar-refractivity contribution < 1.29 is 42.9 Å². The average Bonchev–Trinajstić information content (AvgIpc) is 3.76. The Kier molecular flexibility index (Phi) is 15.8. The number of methoxy groups -OCH3 is 1. The van der Waals surface area contributed by atoms with Crippen molar-refractivity contribution in [1.29, 1.82) is 0 Å². The van der Waals surface area contributed by atoms with Gasteiger partial charge in [0.25, 0.3) is 0 Å². The molecular formula is C47H55IN6O9. The van der Waals surface area contributed by atoms with E-state index in [4.69, 9.17) is 23.7 Å². The second kappa shape index (κ2) is 20.2. The van der Waals surface area contributed by atoms with E-state index in [0.717, 1.165) is 20.3 Å². The summed E-state index contributed by atoms with van der Waals surface area (Å²) in [6, 6.07) is 22.4. The lowest BCUT2D eigenvalue weighted by Gasteiger charge is -2.22. The minimum atomic E-state index is -0.750. The molecule has 0 radical (unpaired) electrons. The van der Waals surface area contributed by atoms with Crippen molar-refractivity contribution in [2.75, 3.05) is 17.7 Å². The molecule has 0 unspecified atom stereocenters. The van der Waals surface area contributed by atoms with Crippen LogP contribution in [0.2, 0.25) is 0 Å². The third-order valence-electron chi connectivity index (χ3n) is 7.67. The van der Waals surface area contributed by atoms with Crippen LogP contribution in [-0.4, -0.2) is 73.0 Å². The van der Waals surface area contributed by atoms with Gasteiger partial charge in [0, 0.05) is 20.3 Å². The zero-order chi connectivity index (χ0) is 46.9. The van der Waals surface area contributed by atoms with Crippen molar-refractivity contribution in [2.24, 2.45) is 0 Å². The SMILES string of the molecule is CC(C)(C)OC(=O)Nc1ncc(-c2ccc(I)cc2)n1C(=O)OC(C)(C)C.COc1ccccc1C#Cc1ccc(-c2cnc(NC(=O)OC(C)(C)C)n2C(=O)OC(C)(C)C)cc1. The Balaban J connectivity index is 0.000000288. The number of amides is 2. The number of carbonyl (C=O) groups is 4. The van der Waals surface area contributed by atoms with Gasteiger partial charge < -0.3 is 23.7 Å². The molecule has 0 aliphatic heterocycles. The van der Waals surface area contributed by atoms with E-state index in [9.17, 15) is 19.2 Å². The Morgan fingerprint density at radius 3 is 1.35 bits per heavy atom. The normalized spacial score (nSPS) is 11.5. The molecule has 0 saturated carbocycles. The Morgan fingerprint density at radius 1 is 0.556 bits per heavy atom. The van der Waals surface area contributed by atoms with Crippen LogP contribution in [0.5, 0.6) is 5.75 Å². The first-order valence-electron chi connectivity index (χ1n) is 19.9. The second-order valence-electron chi connectivity index (χ2n) is 17.9. The molecule has 5 aromatic rings. The first-order chi connectivity index (χ1) is 29.2. The maximum atomic E-state index is 13.1. The van der Waals surface area contributed by atoms with Gasteiger partial charge in [-0.3, -0.25) is 10.6 Å². The molecule has 2 heterocycles. The molecule has 2 amide bonds. The molecule has 0 spiro atoms. The molecule has 2 N–H and O–H groups in total. The summed E-state index contributed by atoms with van der Waals surface area (Å²) in [5.41, 5.74) is 1.13.